The molecule has 0 bridgehead atoms. The van der Waals surface area contributed by atoms with E-state index in [1.165, 1.54) is 5.56 Å². The third-order valence-electron chi connectivity index (χ3n) is 5.23. The molecule has 0 unspecified atom stereocenters. The second-order valence-corrected chi connectivity index (χ2v) is 6.98. The van der Waals surface area contributed by atoms with E-state index in [-0.39, 0.29) is 18.4 Å². The summed E-state index contributed by atoms with van der Waals surface area (Å²) in [7, 11) is 0. The van der Waals surface area contributed by atoms with Crippen LogP contribution < -0.4 is 9.64 Å². The summed E-state index contributed by atoms with van der Waals surface area (Å²) in [5, 5.41) is 0. The number of aryl methyl sites for hydroxylation is 1. The number of morpholine rings is 1. The van der Waals surface area contributed by atoms with Gasteiger partial charge in [-0.25, -0.2) is 0 Å². The predicted octanol–water partition coefficient (Wildman–Crippen LogP) is 2.52. The second-order valence-electron chi connectivity index (χ2n) is 6.98. The van der Waals surface area contributed by atoms with E-state index in [1.54, 1.807) is 15.9 Å². The van der Waals surface area contributed by atoms with Gasteiger partial charge in [-0.1, -0.05) is 31.2 Å². The van der Waals surface area contributed by atoms with Gasteiger partial charge in [0, 0.05) is 18.7 Å². The second kappa shape index (κ2) is 8.02. The van der Waals surface area contributed by atoms with Crippen LogP contribution in [0.15, 0.2) is 48.5 Å². The fraction of sp³-hybridized carbons (Fsp3) is 0.364. The summed E-state index contributed by atoms with van der Waals surface area (Å²) in [5.74, 6) is 0.328. The van der Waals surface area contributed by atoms with Crippen molar-refractivity contribution in [2.75, 3.05) is 37.7 Å². The lowest BCUT2D eigenvalue weighted by molar-refractivity contribution is -0.142. The summed E-state index contributed by atoms with van der Waals surface area (Å²) in [4.78, 5) is 29.6. The Hall–Kier alpha value is -2.86. The van der Waals surface area contributed by atoms with E-state index < -0.39 is 6.10 Å². The van der Waals surface area contributed by atoms with Gasteiger partial charge in [-0.15, -0.1) is 0 Å². The smallest absolute Gasteiger partial charge is 0.265 e. The molecule has 2 heterocycles. The molecule has 4 rings (SSSR count). The van der Waals surface area contributed by atoms with Crippen LogP contribution in [0.2, 0.25) is 0 Å². The minimum atomic E-state index is -0.716. The Labute approximate surface area is 164 Å². The molecule has 2 aliphatic heterocycles. The van der Waals surface area contributed by atoms with Crippen molar-refractivity contribution in [3.63, 3.8) is 0 Å². The largest absolute Gasteiger partial charge is 0.476 e. The number of carbonyl (C=O) groups is 2. The molecule has 0 aliphatic carbocycles. The summed E-state index contributed by atoms with van der Waals surface area (Å²) in [6, 6.07) is 15.0. The molecular formula is C22H24N2O4. The maximum Gasteiger partial charge on any atom is 0.265 e. The lowest BCUT2D eigenvalue weighted by Gasteiger charge is -2.37. The summed E-state index contributed by atoms with van der Waals surface area (Å²) in [6.45, 7) is 4.43. The number of ether oxygens (including phenoxy) is 2. The van der Waals surface area contributed by atoms with Gasteiger partial charge in [0.05, 0.1) is 25.4 Å². The first-order valence-electron chi connectivity index (χ1n) is 9.70. The lowest BCUT2D eigenvalue weighted by Crippen LogP contribution is -2.54. The Bertz CT molecular complexity index is 859. The third-order valence-corrected chi connectivity index (χ3v) is 5.23. The van der Waals surface area contributed by atoms with Gasteiger partial charge in [-0.05, 0) is 36.2 Å². The quantitative estimate of drug-likeness (QED) is 0.821. The van der Waals surface area contributed by atoms with Crippen LogP contribution in [0, 0.1) is 0 Å². The molecule has 2 aliphatic rings. The molecule has 2 aromatic carbocycles. The van der Waals surface area contributed by atoms with Gasteiger partial charge >= 0.3 is 0 Å². The third kappa shape index (κ3) is 3.60. The molecule has 1 fully saturated rings. The van der Waals surface area contributed by atoms with Gasteiger partial charge in [0.2, 0.25) is 0 Å². The van der Waals surface area contributed by atoms with Gasteiger partial charge in [-0.3, -0.25) is 9.59 Å². The van der Waals surface area contributed by atoms with Crippen molar-refractivity contribution in [1.82, 2.24) is 4.90 Å². The molecule has 0 N–H and O–H groups in total. The Morgan fingerprint density at radius 2 is 1.75 bits per heavy atom. The number of amides is 2. The zero-order chi connectivity index (χ0) is 19.5. The van der Waals surface area contributed by atoms with Crippen LogP contribution in [0.25, 0.3) is 0 Å². The highest BCUT2D eigenvalue weighted by Gasteiger charge is 2.36. The van der Waals surface area contributed by atoms with E-state index in [4.69, 9.17) is 9.47 Å². The average Bonchev–Trinajstić information content (AvgIpc) is 2.78. The number of para-hydroxylation sites is 2. The Balaban J connectivity index is 1.61. The van der Waals surface area contributed by atoms with Crippen LogP contribution in [-0.4, -0.2) is 55.7 Å². The number of anilines is 1. The SMILES string of the molecule is CCc1ccc(C(=O)N2C[C@H](C(=O)N3CCOCC3)Oc3ccccc32)cc1. The van der Waals surface area contributed by atoms with Crippen LogP contribution in [0.1, 0.15) is 22.8 Å². The number of rotatable bonds is 3. The highest BCUT2D eigenvalue weighted by Crippen LogP contribution is 2.34. The maximum atomic E-state index is 13.2. The van der Waals surface area contributed by atoms with Gasteiger partial charge in [0.1, 0.15) is 5.75 Å². The van der Waals surface area contributed by atoms with Crippen molar-refractivity contribution >= 4 is 17.5 Å². The van der Waals surface area contributed by atoms with Gasteiger partial charge in [0.15, 0.2) is 6.10 Å². The molecule has 0 saturated carbocycles. The normalized spacial score (nSPS) is 19.0. The summed E-state index contributed by atoms with van der Waals surface area (Å²) < 4.78 is 11.3. The van der Waals surface area contributed by atoms with Gasteiger partial charge in [0.25, 0.3) is 11.8 Å². The topological polar surface area (TPSA) is 59.1 Å². The van der Waals surface area contributed by atoms with Crippen LogP contribution in [-0.2, 0) is 16.0 Å². The van der Waals surface area contributed by atoms with Crippen LogP contribution in [0.4, 0.5) is 5.69 Å². The highest BCUT2D eigenvalue weighted by molar-refractivity contribution is 6.07. The van der Waals surface area contributed by atoms with Gasteiger partial charge in [-0.2, -0.15) is 0 Å². The molecule has 2 amide bonds. The van der Waals surface area contributed by atoms with Gasteiger partial charge < -0.3 is 19.3 Å². The molecule has 1 atom stereocenters. The Morgan fingerprint density at radius 3 is 2.46 bits per heavy atom. The number of nitrogens with zero attached hydrogens (tertiary/aromatic N) is 2. The fourth-order valence-corrected chi connectivity index (χ4v) is 3.58. The van der Waals surface area contributed by atoms with E-state index >= 15 is 0 Å². The maximum absolute atomic E-state index is 13.2. The first-order valence-corrected chi connectivity index (χ1v) is 9.70. The van der Waals surface area contributed by atoms with E-state index in [1.807, 2.05) is 42.5 Å². The van der Waals surface area contributed by atoms with Crippen molar-refractivity contribution < 1.29 is 19.1 Å². The summed E-state index contributed by atoms with van der Waals surface area (Å²) in [5.41, 5.74) is 2.48. The fourth-order valence-electron chi connectivity index (χ4n) is 3.58. The van der Waals surface area contributed by atoms with Crippen molar-refractivity contribution in [1.29, 1.82) is 0 Å². The zero-order valence-corrected chi connectivity index (χ0v) is 16.0. The summed E-state index contributed by atoms with van der Waals surface area (Å²) >= 11 is 0. The first-order chi connectivity index (χ1) is 13.7. The number of fused-ring (bicyclic) bond motifs is 1. The molecule has 28 heavy (non-hydrogen) atoms. The molecule has 1 saturated heterocycles. The number of hydrogen-bond acceptors (Lipinski definition) is 4. The molecular weight excluding hydrogens is 356 g/mol. The van der Waals surface area contributed by atoms with E-state index in [9.17, 15) is 9.59 Å². The van der Waals surface area contributed by atoms with Crippen molar-refractivity contribution in [3.8, 4) is 5.75 Å². The van der Waals surface area contributed by atoms with Crippen LogP contribution >= 0.6 is 0 Å². The Kier molecular flexibility index (Phi) is 5.30. The van der Waals surface area contributed by atoms with Crippen LogP contribution in [0.3, 0.4) is 0 Å². The van der Waals surface area contributed by atoms with Crippen molar-refractivity contribution in [3.05, 3.63) is 59.7 Å². The summed E-state index contributed by atoms with van der Waals surface area (Å²) in [6.07, 6.45) is 0.206. The molecule has 0 spiro atoms. The predicted molar refractivity (Wildman–Crippen MR) is 106 cm³/mol. The van der Waals surface area contributed by atoms with E-state index in [0.717, 1.165) is 6.42 Å². The highest BCUT2D eigenvalue weighted by atomic mass is 16.5. The van der Waals surface area contributed by atoms with E-state index in [0.29, 0.717) is 43.3 Å². The molecule has 146 valence electrons. The molecule has 6 heteroatoms. The minimum absolute atomic E-state index is 0.100. The Morgan fingerprint density at radius 1 is 1.04 bits per heavy atom. The zero-order valence-electron chi connectivity index (χ0n) is 16.0. The first kappa shape index (κ1) is 18.5. The molecule has 0 aromatic heterocycles. The number of carbonyl (C=O) groups excluding carboxylic acids is 2. The molecule has 0 radical (unpaired) electrons. The lowest BCUT2D eigenvalue weighted by atomic mass is 10.1. The minimum Gasteiger partial charge on any atom is -0.476 e. The molecule has 6 nitrogen and oxygen atoms in total. The average molecular weight is 380 g/mol. The number of hydrogen-bond donors (Lipinski definition) is 0. The monoisotopic (exact) mass is 380 g/mol. The van der Waals surface area contributed by atoms with Crippen molar-refractivity contribution in [2.45, 2.75) is 19.4 Å². The van der Waals surface area contributed by atoms with Crippen LogP contribution in [0.5, 0.6) is 5.75 Å². The van der Waals surface area contributed by atoms with Crippen molar-refractivity contribution in [2.24, 2.45) is 0 Å². The standard InChI is InChI=1S/C22H24N2O4/c1-2-16-7-9-17(10-8-16)21(25)24-15-20(22(26)23-11-13-27-14-12-23)28-19-6-4-3-5-18(19)24/h3-10,20H,2,11-15H2,1H3/t20-/m1/s1. The number of benzene rings is 2. The molecule has 2 aromatic rings. The van der Waals surface area contributed by atoms with E-state index in [2.05, 4.69) is 6.92 Å².